The minimum Gasteiger partial charge on any atom is -0.476 e. The van der Waals surface area contributed by atoms with E-state index in [1.807, 2.05) is 0 Å². The van der Waals surface area contributed by atoms with Crippen LogP contribution in [0.1, 0.15) is 5.69 Å². The number of aromatic nitrogens is 1. The van der Waals surface area contributed by atoms with Crippen LogP contribution in [0.15, 0.2) is 10.5 Å². The molecule has 2 N–H and O–H groups in total. The molecule has 0 bridgehead atoms. The number of nitrogens with one attached hydrogen (secondary N) is 1. The summed E-state index contributed by atoms with van der Waals surface area (Å²) in [5.41, 5.74) is 0.0824. The summed E-state index contributed by atoms with van der Waals surface area (Å²) in [5, 5.41) is 17.2. The molecule has 0 amide bonds. The Labute approximate surface area is 84.2 Å². The molecule has 0 radical (unpaired) electrons. The van der Waals surface area contributed by atoms with Crippen molar-refractivity contribution in [3.05, 3.63) is 11.1 Å². The normalized spacial score (nSPS) is 11.1. The van der Waals surface area contributed by atoms with Gasteiger partial charge < -0.3 is 15.3 Å². The number of carboxylic acids is 1. The van der Waals surface area contributed by atoms with Crippen LogP contribution < -0.4 is 5.32 Å². The van der Waals surface area contributed by atoms with Crippen molar-refractivity contribution >= 4 is 28.1 Å². The van der Waals surface area contributed by atoms with E-state index in [9.17, 15) is 4.79 Å². The van der Waals surface area contributed by atoms with Gasteiger partial charge in [-0.3, -0.25) is 0 Å². The lowest BCUT2D eigenvalue weighted by atomic mass is 10.3. The molecule has 0 aliphatic carbocycles. The Morgan fingerprint density at radius 2 is 2.50 bits per heavy atom. The van der Waals surface area contributed by atoms with Crippen LogP contribution in [0.25, 0.3) is 0 Å². The Hall–Kier alpha value is -1.63. The molecule has 0 fully saturated rings. The standard InChI is InChI=1S/C7H9N3O3S/c1-8-7-9-4(3-14-7)5(6(11)12)10-13-2/h3H,1-2H3,(H,8,9)(H,11,12)/b10-5+. The molecule has 1 heterocycles. The van der Waals surface area contributed by atoms with Gasteiger partial charge in [0.2, 0.25) is 5.71 Å². The fourth-order valence-electron chi connectivity index (χ4n) is 0.784. The molecule has 0 aliphatic rings. The van der Waals surface area contributed by atoms with Crippen molar-refractivity contribution in [2.24, 2.45) is 5.16 Å². The maximum Gasteiger partial charge on any atom is 0.360 e. The number of aliphatic carboxylic acids is 1. The van der Waals surface area contributed by atoms with Crippen LogP contribution in [0.4, 0.5) is 5.13 Å². The zero-order valence-electron chi connectivity index (χ0n) is 7.64. The van der Waals surface area contributed by atoms with Crippen LogP contribution in [-0.4, -0.2) is 35.9 Å². The molecule has 0 saturated heterocycles. The van der Waals surface area contributed by atoms with Crippen molar-refractivity contribution < 1.29 is 14.7 Å². The van der Waals surface area contributed by atoms with Gasteiger partial charge in [-0.15, -0.1) is 11.3 Å². The molecule has 0 atom stereocenters. The summed E-state index contributed by atoms with van der Waals surface area (Å²) in [7, 11) is 2.99. The van der Waals surface area contributed by atoms with Crippen LogP contribution >= 0.6 is 11.3 Å². The van der Waals surface area contributed by atoms with E-state index < -0.39 is 5.97 Å². The van der Waals surface area contributed by atoms with E-state index in [1.165, 1.54) is 18.4 Å². The van der Waals surface area contributed by atoms with Crippen LogP contribution in [-0.2, 0) is 9.63 Å². The second-order valence-electron chi connectivity index (χ2n) is 2.22. The molecular weight excluding hydrogens is 206 g/mol. The van der Waals surface area contributed by atoms with Crippen molar-refractivity contribution in [3.8, 4) is 0 Å². The predicted octanol–water partition coefficient (Wildman–Crippen LogP) is 0.620. The second kappa shape index (κ2) is 4.56. The predicted molar refractivity (Wildman–Crippen MR) is 52.8 cm³/mol. The third-order valence-electron chi connectivity index (χ3n) is 1.35. The highest BCUT2D eigenvalue weighted by Gasteiger charge is 2.16. The number of anilines is 1. The van der Waals surface area contributed by atoms with Crippen molar-refractivity contribution in [2.75, 3.05) is 19.5 Å². The van der Waals surface area contributed by atoms with Gasteiger partial charge in [0.25, 0.3) is 0 Å². The molecule has 0 aliphatic heterocycles. The minimum atomic E-state index is -1.17. The van der Waals surface area contributed by atoms with Gasteiger partial charge in [-0.1, -0.05) is 5.16 Å². The summed E-state index contributed by atoms with van der Waals surface area (Å²) in [6, 6.07) is 0. The van der Waals surface area contributed by atoms with Gasteiger partial charge in [0, 0.05) is 12.4 Å². The fourth-order valence-corrected chi connectivity index (χ4v) is 1.44. The monoisotopic (exact) mass is 215 g/mol. The van der Waals surface area contributed by atoms with Gasteiger partial charge in [0.15, 0.2) is 5.13 Å². The lowest BCUT2D eigenvalue weighted by Gasteiger charge is -1.95. The van der Waals surface area contributed by atoms with E-state index in [4.69, 9.17) is 5.11 Å². The number of rotatable bonds is 4. The molecule has 0 aromatic carbocycles. The quantitative estimate of drug-likeness (QED) is 0.568. The lowest BCUT2D eigenvalue weighted by molar-refractivity contribution is -0.129. The first-order valence-corrected chi connectivity index (χ1v) is 4.55. The van der Waals surface area contributed by atoms with Crippen LogP contribution in [0.5, 0.6) is 0 Å². The van der Waals surface area contributed by atoms with Crippen LogP contribution in [0.3, 0.4) is 0 Å². The van der Waals surface area contributed by atoms with E-state index in [0.29, 0.717) is 5.13 Å². The lowest BCUT2D eigenvalue weighted by Crippen LogP contribution is -2.15. The molecule has 1 aromatic rings. The number of carbonyl (C=O) groups is 1. The largest absolute Gasteiger partial charge is 0.476 e. The van der Waals surface area contributed by atoms with Gasteiger partial charge >= 0.3 is 5.97 Å². The van der Waals surface area contributed by atoms with Crippen molar-refractivity contribution in [3.63, 3.8) is 0 Å². The molecule has 1 aromatic heterocycles. The smallest absolute Gasteiger partial charge is 0.360 e. The first-order chi connectivity index (χ1) is 6.69. The maximum atomic E-state index is 10.7. The Balaban J connectivity index is 3.00. The van der Waals surface area contributed by atoms with Gasteiger partial charge in [-0.05, 0) is 0 Å². The third-order valence-corrected chi connectivity index (χ3v) is 2.21. The average Bonchev–Trinajstić information content (AvgIpc) is 2.61. The third kappa shape index (κ3) is 2.19. The topological polar surface area (TPSA) is 83.8 Å². The highest BCUT2D eigenvalue weighted by atomic mass is 32.1. The number of carboxylic acid groups (broad SMARTS) is 1. The van der Waals surface area contributed by atoms with Crippen LogP contribution in [0, 0.1) is 0 Å². The Morgan fingerprint density at radius 3 is 2.93 bits per heavy atom. The number of thiazole rings is 1. The van der Waals surface area contributed by atoms with Gasteiger partial charge in [0.05, 0.1) is 0 Å². The summed E-state index contributed by atoms with van der Waals surface area (Å²) in [6.45, 7) is 0. The molecule has 7 heteroatoms. The Morgan fingerprint density at radius 1 is 1.79 bits per heavy atom. The summed E-state index contributed by atoms with van der Waals surface area (Å²) in [5.74, 6) is -1.17. The summed E-state index contributed by atoms with van der Waals surface area (Å²) < 4.78 is 0. The number of hydrogen-bond donors (Lipinski definition) is 2. The Kier molecular flexibility index (Phi) is 3.41. The Bertz CT molecular complexity index is 361. The SMILES string of the molecule is CNc1nc(/C(=N\OC)C(=O)O)cs1. The van der Waals surface area contributed by atoms with E-state index in [0.717, 1.165) is 0 Å². The fraction of sp³-hybridized carbons (Fsp3) is 0.286. The number of hydrogen-bond acceptors (Lipinski definition) is 6. The van der Waals surface area contributed by atoms with Gasteiger partial charge in [-0.2, -0.15) is 0 Å². The minimum absolute atomic E-state index is 0.203. The zero-order valence-corrected chi connectivity index (χ0v) is 8.46. The van der Waals surface area contributed by atoms with Crippen molar-refractivity contribution in [1.29, 1.82) is 0 Å². The summed E-state index contributed by atoms with van der Waals surface area (Å²) in [4.78, 5) is 19.1. The van der Waals surface area contributed by atoms with Crippen molar-refractivity contribution in [2.45, 2.75) is 0 Å². The molecular formula is C7H9N3O3S. The highest BCUT2D eigenvalue weighted by molar-refractivity contribution is 7.14. The molecule has 0 saturated carbocycles. The van der Waals surface area contributed by atoms with Gasteiger partial charge in [-0.25, -0.2) is 9.78 Å². The first-order valence-electron chi connectivity index (χ1n) is 3.67. The zero-order chi connectivity index (χ0) is 10.6. The van der Waals surface area contributed by atoms with E-state index in [-0.39, 0.29) is 11.4 Å². The van der Waals surface area contributed by atoms with E-state index in [2.05, 4.69) is 20.3 Å². The summed E-state index contributed by atoms with van der Waals surface area (Å²) in [6.07, 6.45) is 0. The molecule has 0 unspecified atom stereocenters. The summed E-state index contributed by atoms with van der Waals surface area (Å²) >= 11 is 1.30. The first kappa shape index (κ1) is 10.5. The maximum absolute atomic E-state index is 10.7. The molecule has 0 spiro atoms. The van der Waals surface area contributed by atoms with E-state index in [1.54, 1.807) is 12.4 Å². The van der Waals surface area contributed by atoms with Crippen LogP contribution in [0.2, 0.25) is 0 Å². The highest BCUT2D eigenvalue weighted by Crippen LogP contribution is 2.15. The van der Waals surface area contributed by atoms with Crippen molar-refractivity contribution in [1.82, 2.24) is 4.98 Å². The van der Waals surface area contributed by atoms with Gasteiger partial charge in [0.1, 0.15) is 12.8 Å². The average molecular weight is 215 g/mol. The molecule has 1 rings (SSSR count). The molecule has 76 valence electrons. The van der Waals surface area contributed by atoms with E-state index >= 15 is 0 Å². The number of nitrogens with zero attached hydrogens (tertiary/aromatic N) is 2. The molecule has 6 nitrogen and oxygen atoms in total. The molecule has 14 heavy (non-hydrogen) atoms. The second-order valence-corrected chi connectivity index (χ2v) is 3.07. The number of oxime groups is 1.